The minimum atomic E-state index is -3.87. The van der Waals surface area contributed by atoms with Gasteiger partial charge in [-0.1, -0.05) is 41.4 Å². The van der Waals surface area contributed by atoms with E-state index in [-0.39, 0.29) is 47.4 Å². The van der Waals surface area contributed by atoms with Crippen LogP contribution in [0.15, 0.2) is 47.4 Å². The van der Waals surface area contributed by atoms with Gasteiger partial charge in [-0.15, -0.1) is 0 Å². The highest BCUT2D eigenvalue weighted by molar-refractivity contribution is 7.89. The molecule has 2 aromatic carbocycles. The van der Waals surface area contributed by atoms with Crippen LogP contribution in [0.1, 0.15) is 35.3 Å². The fraction of sp³-hybridized carbons (Fsp3) is 0.381. The Bertz CT molecular complexity index is 981. The molecule has 1 heterocycles. The maximum Gasteiger partial charge on any atom is 0.338 e. The number of morpholine rings is 1. The molecule has 8 heteroatoms. The number of sulfonamides is 1. The normalized spacial score (nSPS) is 20.4. The van der Waals surface area contributed by atoms with E-state index in [0.717, 1.165) is 11.1 Å². The van der Waals surface area contributed by atoms with Crippen LogP contribution in [0.2, 0.25) is 5.02 Å². The van der Waals surface area contributed by atoms with Crippen LogP contribution in [-0.2, 0) is 26.1 Å². The zero-order chi connectivity index (χ0) is 21.2. The van der Waals surface area contributed by atoms with Gasteiger partial charge in [0, 0.05) is 13.1 Å². The molecule has 3 rings (SSSR count). The van der Waals surface area contributed by atoms with Gasteiger partial charge < -0.3 is 9.47 Å². The molecule has 0 radical (unpaired) electrons. The Kier molecular flexibility index (Phi) is 6.63. The lowest BCUT2D eigenvalue weighted by Crippen LogP contribution is -2.48. The second-order valence-electron chi connectivity index (χ2n) is 7.29. The molecule has 2 aromatic rings. The maximum atomic E-state index is 13.1. The van der Waals surface area contributed by atoms with Gasteiger partial charge in [-0.2, -0.15) is 4.31 Å². The van der Waals surface area contributed by atoms with Crippen LogP contribution in [0, 0.1) is 6.92 Å². The van der Waals surface area contributed by atoms with Gasteiger partial charge in [0.1, 0.15) is 11.5 Å². The molecular formula is C21H24ClNO5S. The Morgan fingerprint density at radius 3 is 2.38 bits per heavy atom. The van der Waals surface area contributed by atoms with Gasteiger partial charge in [-0.25, -0.2) is 13.2 Å². The van der Waals surface area contributed by atoms with Crippen LogP contribution in [0.4, 0.5) is 0 Å². The number of carbonyl (C=O) groups excluding carboxylic acids is 1. The molecule has 0 amide bonds. The average Bonchev–Trinajstić information content (AvgIpc) is 2.66. The fourth-order valence-corrected chi connectivity index (χ4v) is 5.30. The van der Waals surface area contributed by atoms with E-state index in [2.05, 4.69) is 0 Å². The number of hydrogen-bond donors (Lipinski definition) is 0. The van der Waals surface area contributed by atoms with Crippen molar-refractivity contribution in [3.05, 3.63) is 64.2 Å². The number of carbonyl (C=O) groups is 1. The summed E-state index contributed by atoms with van der Waals surface area (Å²) in [7, 11) is -3.87. The largest absolute Gasteiger partial charge is 0.457 e. The zero-order valence-corrected chi connectivity index (χ0v) is 18.2. The van der Waals surface area contributed by atoms with Crippen molar-refractivity contribution in [2.75, 3.05) is 13.1 Å². The van der Waals surface area contributed by atoms with E-state index in [9.17, 15) is 13.2 Å². The Hall–Kier alpha value is -1.93. The van der Waals surface area contributed by atoms with E-state index in [4.69, 9.17) is 21.1 Å². The van der Waals surface area contributed by atoms with Crippen LogP contribution >= 0.6 is 11.6 Å². The summed E-state index contributed by atoms with van der Waals surface area (Å²) in [6.07, 6.45) is -0.454. The SMILES string of the molecule is Cc1ccc(COC(=O)c2ccc(Cl)c(S(=O)(=O)N3CC(C)OC(C)C3)c2)cc1. The quantitative estimate of drug-likeness (QED) is 0.665. The van der Waals surface area contributed by atoms with E-state index in [1.54, 1.807) is 0 Å². The second kappa shape index (κ2) is 8.83. The molecule has 0 spiro atoms. The summed E-state index contributed by atoms with van der Waals surface area (Å²) in [5, 5.41) is 0.0619. The topological polar surface area (TPSA) is 72.9 Å². The van der Waals surface area contributed by atoms with Gasteiger partial charge >= 0.3 is 5.97 Å². The molecule has 1 aliphatic rings. The average molecular weight is 438 g/mol. The highest BCUT2D eigenvalue weighted by Crippen LogP contribution is 2.28. The van der Waals surface area contributed by atoms with Crippen molar-refractivity contribution in [2.24, 2.45) is 0 Å². The highest BCUT2D eigenvalue weighted by atomic mass is 35.5. The van der Waals surface area contributed by atoms with E-state index in [0.29, 0.717) is 0 Å². The lowest BCUT2D eigenvalue weighted by molar-refractivity contribution is -0.0440. The third-order valence-corrected chi connectivity index (χ3v) is 6.97. The molecule has 0 saturated carbocycles. The molecule has 0 N–H and O–H groups in total. The molecule has 0 bridgehead atoms. The lowest BCUT2D eigenvalue weighted by Gasteiger charge is -2.34. The minimum Gasteiger partial charge on any atom is -0.457 e. The zero-order valence-electron chi connectivity index (χ0n) is 16.6. The van der Waals surface area contributed by atoms with Gasteiger partial charge in [0.15, 0.2) is 0 Å². The number of rotatable bonds is 5. The summed E-state index contributed by atoms with van der Waals surface area (Å²) in [5.41, 5.74) is 2.09. The van der Waals surface area contributed by atoms with Crippen molar-refractivity contribution < 1.29 is 22.7 Å². The van der Waals surface area contributed by atoms with Gasteiger partial charge in [-0.3, -0.25) is 0 Å². The molecule has 1 saturated heterocycles. The van der Waals surface area contributed by atoms with Gasteiger partial charge in [0.05, 0.1) is 22.8 Å². The molecule has 156 valence electrons. The van der Waals surface area contributed by atoms with Crippen molar-refractivity contribution in [3.63, 3.8) is 0 Å². The van der Waals surface area contributed by atoms with Crippen molar-refractivity contribution in [2.45, 2.75) is 44.5 Å². The van der Waals surface area contributed by atoms with Gasteiger partial charge in [0.25, 0.3) is 0 Å². The monoisotopic (exact) mass is 437 g/mol. The first-order valence-electron chi connectivity index (χ1n) is 9.34. The van der Waals surface area contributed by atoms with E-state index in [1.807, 2.05) is 45.0 Å². The molecule has 6 nitrogen and oxygen atoms in total. The standard InChI is InChI=1S/C21H24ClNO5S/c1-14-4-6-17(7-5-14)13-27-21(24)18-8-9-19(22)20(10-18)29(25,26)23-11-15(2)28-16(3)12-23/h4-10,15-16H,11-13H2,1-3H3. The summed E-state index contributed by atoms with van der Waals surface area (Å²) in [4.78, 5) is 12.4. The Balaban J connectivity index is 1.79. The van der Waals surface area contributed by atoms with Gasteiger partial charge in [-0.05, 0) is 44.5 Å². The summed E-state index contributed by atoms with van der Waals surface area (Å²) in [5.74, 6) is -0.609. The molecule has 2 unspecified atom stereocenters. The highest BCUT2D eigenvalue weighted by Gasteiger charge is 2.34. The van der Waals surface area contributed by atoms with E-state index < -0.39 is 16.0 Å². The fourth-order valence-electron chi connectivity index (χ4n) is 3.21. The molecule has 2 atom stereocenters. The third kappa shape index (κ3) is 5.17. The van der Waals surface area contributed by atoms with Crippen molar-refractivity contribution >= 4 is 27.6 Å². The first-order chi connectivity index (χ1) is 13.7. The molecule has 0 aromatic heterocycles. The number of esters is 1. The van der Waals surface area contributed by atoms with Gasteiger partial charge in [0.2, 0.25) is 10.0 Å². The summed E-state index contributed by atoms with van der Waals surface area (Å²) in [6.45, 7) is 6.16. The number of benzene rings is 2. The number of halogens is 1. The van der Waals surface area contributed by atoms with E-state index in [1.165, 1.54) is 22.5 Å². The lowest BCUT2D eigenvalue weighted by atomic mass is 10.2. The molecule has 0 aliphatic carbocycles. The Morgan fingerprint density at radius 1 is 1.14 bits per heavy atom. The number of aryl methyl sites for hydroxylation is 1. The van der Waals surface area contributed by atoms with Crippen molar-refractivity contribution in [1.29, 1.82) is 0 Å². The Morgan fingerprint density at radius 2 is 1.76 bits per heavy atom. The second-order valence-corrected chi connectivity index (χ2v) is 9.60. The van der Waals surface area contributed by atoms with Crippen molar-refractivity contribution in [3.8, 4) is 0 Å². The number of hydrogen-bond acceptors (Lipinski definition) is 5. The van der Waals surface area contributed by atoms with Crippen LogP contribution < -0.4 is 0 Å². The first kappa shape index (κ1) is 21.8. The first-order valence-corrected chi connectivity index (χ1v) is 11.2. The van der Waals surface area contributed by atoms with Crippen LogP contribution in [0.25, 0.3) is 0 Å². The molecule has 1 aliphatic heterocycles. The maximum absolute atomic E-state index is 13.1. The van der Waals surface area contributed by atoms with Crippen LogP contribution in [-0.4, -0.2) is 44.0 Å². The molecular weight excluding hydrogens is 414 g/mol. The predicted molar refractivity (Wildman–Crippen MR) is 111 cm³/mol. The number of nitrogens with zero attached hydrogens (tertiary/aromatic N) is 1. The smallest absolute Gasteiger partial charge is 0.338 e. The summed E-state index contributed by atoms with van der Waals surface area (Å²) < 4.78 is 38.5. The van der Waals surface area contributed by atoms with Crippen LogP contribution in [0.3, 0.4) is 0 Å². The third-order valence-electron chi connectivity index (χ3n) is 4.66. The Labute approximate surface area is 176 Å². The van der Waals surface area contributed by atoms with E-state index >= 15 is 0 Å². The summed E-state index contributed by atoms with van der Waals surface area (Å²) >= 11 is 6.18. The molecule has 1 fully saturated rings. The molecule has 29 heavy (non-hydrogen) atoms. The summed E-state index contributed by atoms with van der Waals surface area (Å²) in [6, 6.07) is 11.8. The number of ether oxygens (including phenoxy) is 2. The van der Waals surface area contributed by atoms with Crippen molar-refractivity contribution in [1.82, 2.24) is 4.31 Å². The van der Waals surface area contributed by atoms with Crippen LogP contribution in [0.5, 0.6) is 0 Å². The predicted octanol–water partition coefficient (Wildman–Crippen LogP) is 3.80. The minimum absolute atomic E-state index is 0.0619.